The zero-order chi connectivity index (χ0) is 36.5. The molecule has 2 aliphatic carbocycles. The van der Waals surface area contributed by atoms with Gasteiger partial charge in [0.2, 0.25) is 41.1 Å². The Morgan fingerprint density at radius 2 is 1.02 bits per heavy atom. The first-order valence-electron chi connectivity index (χ1n) is 17.3. The third-order valence-electron chi connectivity index (χ3n) is 9.27. The van der Waals surface area contributed by atoms with Gasteiger partial charge in [0.25, 0.3) is 0 Å². The zero-order valence-electron chi connectivity index (χ0n) is 29.9. The summed E-state index contributed by atoms with van der Waals surface area (Å²) in [5.41, 5.74) is 12.5. The molecular formula is C40H48FN9O4. The van der Waals surface area contributed by atoms with E-state index in [0.29, 0.717) is 35.1 Å². The van der Waals surface area contributed by atoms with Gasteiger partial charge in [-0.2, -0.15) is 24.3 Å². The van der Waals surface area contributed by atoms with Gasteiger partial charge in [-0.05, 0) is 78.4 Å². The van der Waals surface area contributed by atoms with Gasteiger partial charge in [-0.1, -0.05) is 73.7 Å². The van der Waals surface area contributed by atoms with Gasteiger partial charge in [0.1, 0.15) is 12.2 Å². The van der Waals surface area contributed by atoms with Crippen molar-refractivity contribution < 1.29 is 22.9 Å². The topological polar surface area (TPSA) is 174 Å². The first-order chi connectivity index (χ1) is 25.0. The maximum Gasteiger partial charge on any atom is 0.312 e. The van der Waals surface area contributed by atoms with Crippen LogP contribution in [-0.4, -0.2) is 40.2 Å². The van der Waals surface area contributed by atoms with Crippen molar-refractivity contribution in [3.63, 3.8) is 0 Å². The molecule has 0 spiro atoms. The number of aromatic nitrogens is 8. The van der Waals surface area contributed by atoms with Crippen molar-refractivity contribution in [1.29, 1.82) is 0 Å². The van der Waals surface area contributed by atoms with Gasteiger partial charge in [0, 0.05) is 39.8 Å². The first kappa shape index (κ1) is 39.4. The van der Waals surface area contributed by atoms with Gasteiger partial charge in [-0.25, -0.2) is 9.97 Å². The lowest BCUT2D eigenvalue weighted by atomic mass is 10.1. The molecule has 54 heavy (non-hydrogen) atoms. The molecule has 4 aromatic heterocycles. The number of nitrogen functional groups attached to an aromatic ring is 1. The summed E-state index contributed by atoms with van der Waals surface area (Å²) in [5, 5.41) is 8.12. The Morgan fingerprint density at radius 1 is 0.611 bits per heavy atom. The number of nitrogens with zero attached hydrogens (tertiary/aromatic N) is 8. The van der Waals surface area contributed by atoms with Gasteiger partial charge in [0.15, 0.2) is 0 Å². The first-order valence-corrected chi connectivity index (χ1v) is 17.3. The lowest BCUT2D eigenvalue weighted by Gasteiger charge is -2.17. The van der Waals surface area contributed by atoms with Crippen LogP contribution in [0.4, 0.5) is 10.3 Å². The second kappa shape index (κ2) is 16.5. The average molecular weight is 738 g/mol. The highest BCUT2D eigenvalue weighted by molar-refractivity contribution is 5.56. The number of anilines is 1. The molecule has 13 nitrogen and oxygen atoms in total. The van der Waals surface area contributed by atoms with Crippen LogP contribution < -0.4 is 15.2 Å². The number of halogens is 1. The summed E-state index contributed by atoms with van der Waals surface area (Å²) < 4.78 is 35.9. The Bertz CT molecular complexity index is 2020. The van der Waals surface area contributed by atoms with E-state index in [-0.39, 0.29) is 38.9 Å². The van der Waals surface area contributed by atoms with Gasteiger partial charge < -0.3 is 24.3 Å². The Balaban J connectivity index is 0.000000200. The van der Waals surface area contributed by atoms with Crippen LogP contribution in [0.3, 0.4) is 0 Å². The number of aryl methyl sites for hydroxylation is 2. The number of rotatable bonds is 10. The molecule has 2 fully saturated rings. The predicted molar refractivity (Wildman–Crippen MR) is 202 cm³/mol. The van der Waals surface area contributed by atoms with Crippen LogP contribution in [0.5, 0.6) is 11.8 Å². The lowest BCUT2D eigenvalue weighted by molar-refractivity contribution is 0.211. The monoisotopic (exact) mass is 737 g/mol. The van der Waals surface area contributed by atoms with Crippen molar-refractivity contribution in [3.05, 3.63) is 100 Å². The molecule has 14 heteroatoms. The van der Waals surface area contributed by atoms with Gasteiger partial charge in [-0.15, -0.1) is 0 Å². The summed E-state index contributed by atoms with van der Waals surface area (Å²) in [6, 6.07) is 15.7. The van der Waals surface area contributed by atoms with Crippen molar-refractivity contribution in [2.45, 2.75) is 106 Å². The SMILES string of the molecule is C.C.Cc1nc(F)nc(O[C@@H](C)c2ccc(-c3noc(C4CC4)n3)cc2)c1C.Cc1nc(N)nc(O[C@@H](C)c2ccc(-c3noc(C4CC4)n3)cc2)c1C. The smallest absolute Gasteiger partial charge is 0.312 e. The Labute approximate surface area is 315 Å². The van der Waals surface area contributed by atoms with Crippen LogP contribution in [0, 0.1) is 33.8 Å². The molecule has 0 bridgehead atoms. The summed E-state index contributed by atoms with van der Waals surface area (Å²) in [5.74, 6) is 4.57. The number of benzene rings is 2. The Morgan fingerprint density at radius 3 is 1.44 bits per heavy atom. The molecule has 2 saturated carbocycles. The molecule has 0 unspecified atom stereocenters. The van der Waals surface area contributed by atoms with E-state index in [4.69, 9.17) is 24.3 Å². The summed E-state index contributed by atoms with van der Waals surface area (Å²) in [4.78, 5) is 24.7. The molecule has 2 aromatic carbocycles. The Kier molecular flexibility index (Phi) is 12.0. The molecule has 284 valence electrons. The minimum atomic E-state index is -0.783. The summed E-state index contributed by atoms with van der Waals surface area (Å²) >= 11 is 0. The minimum Gasteiger partial charge on any atom is -0.469 e. The van der Waals surface area contributed by atoms with Gasteiger partial charge >= 0.3 is 6.08 Å². The largest absolute Gasteiger partial charge is 0.469 e. The van der Waals surface area contributed by atoms with E-state index in [1.807, 2.05) is 83.1 Å². The molecule has 2 atom stereocenters. The van der Waals surface area contributed by atoms with Crippen LogP contribution in [0.1, 0.15) is 124 Å². The summed E-state index contributed by atoms with van der Waals surface area (Å²) in [6.45, 7) is 11.2. The number of ether oxygens (including phenoxy) is 2. The predicted octanol–water partition coefficient (Wildman–Crippen LogP) is 9.32. The highest BCUT2D eigenvalue weighted by Crippen LogP contribution is 2.40. The quantitative estimate of drug-likeness (QED) is 0.132. The van der Waals surface area contributed by atoms with E-state index >= 15 is 0 Å². The highest BCUT2D eigenvalue weighted by atomic mass is 19.1. The fourth-order valence-corrected chi connectivity index (χ4v) is 5.40. The van der Waals surface area contributed by atoms with Crippen LogP contribution in [-0.2, 0) is 0 Å². The van der Waals surface area contributed by atoms with Crippen LogP contribution in [0.25, 0.3) is 22.8 Å². The fourth-order valence-electron chi connectivity index (χ4n) is 5.40. The number of hydrogen-bond donors (Lipinski definition) is 1. The third-order valence-corrected chi connectivity index (χ3v) is 9.27. The third kappa shape index (κ3) is 9.04. The van der Waals surface area contributed by atoms with E-state index < -0.39 is 6.08 Å². The van der Waals surface area contributed by atoms with Gasteiger partial charge in [-0.3, -0.25) is 0 Å². The average Bonchev–Trinajstić information content (AvgIpc) is 4.07. The molecule has 0 aliphatic heterocycles. The van der Waals surface area contributed by atoms with Crippen LogP contribution >= 0.6 is 0 Å². The molecule has 0 amide bonds. The lowest BCUT2D eigenvalue weighted by Crippen LogP contribution is -2.09. The van der Waals surface area contributed by atoms with E-state index in [1.165, 1.54) is 0 Å². The van der Waals surface area contributed by atoms with E-state index in [0.717, 1.165) is 76.5 Å². The maximum absolute atomic E-state index is 13.4. The highest BCUT2D eigenvalue weighted by Gasteiger charge is 2.30. The summed E-state index contributed by atoms with van der Waals surface area (Å²) in [6.07, 6.45) is 3.28. The number of nitrogens with two attached hydrogens (primary N) is 1. The molecule has 8 rings (SSSR count). The van der Waals surface area contributed by atoms with Crippen molar-refractivity contribution in [2.24, 2.45) is 0 Å². The van der Waals surface area contributed by atoms with Crippen molar-refractivity contribution >= 4 is 5.95 Å². The molecule has 0 saturated heterocycles. The molecule has 6 aromatic rings. The Hall–Kier alpha value is -5.79. The van der Waals surface area contributed by atoms with Crippen LogP contribution in [0.2, 0.25) is 0 Å². The summed E-state index contributed by atoms with van der Waals surface area (Å²) in [7, 11) is 0. The number of hydrogen-bond acceptors (Lipinski definition) is 13. The zero-order valence-corrected chi connectivity index (χ0v) is 29.9. The minimum absolute atomic E-state index is 0. The maximum atomic E-state index is 13.4. The van der Waals surface area contributed by atoms with Crippen molar-refractivity contribution in [3.8, 4) is 34.5 Å². The molecule has 0 radical (unpaired) electrons. The van der Waals surface area contributed by atoms with E-state index in [2.05, 4.69) is 40.2 Å². The van der Waals surface area contributed by atoms with Crippen LogP contribution in [0.15, 0.2) is 57.6 Å². The normalized spacial score (nSPS) is 14.5. The second-order valence-electron chi connectivity index (χ2n) is 13.3. The van der Waals surface area contributed by atoms with E-state index in [9.17, 15) is 4.39 Å². The van der Waals surface area contributed by atoms with Gasteiger partial charge in [0.05, 0.1) is 5.69 Å². The fraction of sp³-hybridized carbons (Fsp3) is 0.400. The molecule has 2 N–H and O–H groups in total. The van der Waals surface area contributed by atoms with Crippen molar-refractivity contribution in [1.82, 2.24) is 40.2 Å². The molecule has 4 heterocycles. The second-order valence-corrected chi connectivity index (χ2v) is 13.3. The molecule has 2 aliphatic rings. The van der Waals surface area contributed by atoms with Crippen molar-refractivity contribution in [2.75, 3.05) is 5.73 Å². The molecular weight excluding hydrogens is 689 g/mol. The standard InChI is InChI=1S/C19H19FN4O2.C19H21N5O2.2CH4/c2*1-10-11(2)21-19(20)23-17(10)25-12(3)13-4-6-14(7-5-13)16-22-18(26-24-16)15-8-9-15;;/h4-7,12,15H,8-9H2,1-3H3;4-7,12,15H,8-9H2,1-3H3,(H2,20,21,23);2*1H4/t2*12-;;/m00../s1. The van der Waals surface area contributed by atoms with E-state index in [1.54, 1.807) is 6.92 Å².